The highest BCUT2D eigenvalue weighted by atomic mass is 16.2. The van der Waals surface area contributed by atoms with Crippen molar-refractivity contribution >= 4 is 34.9 Å². The van der Waals surface area contributed by atoms with Gasteiger partial charge in [0.2, 0.25) is 12.3 Å². The van der Waals surface area contributed by atoms with Gasteiger partial charge >= 0.3 is 0 Å². The van der Waals surface area contributed by atoms with E-state index < -0.39 is 0 Å². The Labute approximate surface area is 156 Å². The number of fused-ring (bicyclic) bond motifs is 3. The Morgan fingerprint density at radius 1 is 1.41 bits per heavy atom. The lowest BCUT2D eigenvalue weighted by Gasteiger charge is -2.56. The van der Waals surface area contributed by atoms with Crippen molar-refractivity contribution in [2.24, 2.45) is 0 Å². The average Bonchev–Trinajstić information content (AvgIpc) is 3.38. The highest BCUT2D eigenvalue weighted by Gasteiger charge is 2.47. The van der Waals surface area contributed by atoms with Crippen LogP contribution in [0.1, 0.15) is 25.7 Å². The zero-order chi connectivity index (χ0) is 18.5. The van der Waals surface area contributed by atoms with Gasteiger partial charge in [-0.25, -0.2) is 4.98 Å². The van der Waals surface area contributed by atoms with E-state index in [2.05, 4.69) is 14.9 Å². The third-order valence-corrected chi connectivity index (χ3v) is 5.86. The predicted octanol–water partition coefficient (Wildman–Crippen LogP) is 1.39. The number of aromatic nitrogens is 2. The number of carbonyl (C=O) groups is 2. The molecule has 2 unspecified atom stereocenters. The number of hydrogen-bond donors (Lipinski definition) is 1. The van der Waals surface area contributed by atoms with Crippen LogP contribution in [0.3, 0.4) is 0 Å². The van der Waals surface area contributed by atoms with Crippen molar-refractivity contribution in [3.63, 3.8) is 0 Å². The smallest absolute Gasteiger partial charge is 0.237 e. The lowest BCUT2D eigenvalue weighted by molar-refractivity contribution is -0.144. The number of nitrogens with one attached hydrogen (secondary N) is 1. The zero-order valence-corrected chi connectivity index (χ0v) is 14.8. The molecule has 27 heavy (non-hydrogen) atoms. The van der Waals surface area contributed by atoms with E-state index in [-0.39, 0.29) is 30.5 Å². The second-order valence-corrected chi connectivity index (χ2v) is 7.57. The fourth-order valence-corrected chi connectivity index (χ4v) is 4.45. The molecule has 8 nitrogen and oxygen atoms in total. The molecule has 0 radical (unpaired) electrons. The molecule has 4 fully saturated rings. The highest BCUT2D eigenvalue weighted by molar-refractivity contribution is 5.94. The van der Waals surface area contributed by atoms with Gasteiger partial charge in [-0.15, -0.1) is 0 Å². The van der Waals surface area contributed by atoms with E-state index in [1.54, 1.807) is 4.90 Å². The van der Waals surface area contributed by atoms with Crippen LogP contribution in [0.15, 0.2) is 18.3 Å². The number of amides is 2. The van der Waals surface area contributed by atoms with Gasteiger partial charge in [0.05, 0.1) is 23.8 Å². The third kappa shape index (κ3) is 2.53. The number of aromatic amines is 1. The molecule has 1 saturated carbocycles. The van der Waals surface area contributed by atoms with E-state index in [9.17, 15) is 9.59 Å². The summed E-state index contributed by atoms with van der Waals surface area (Å²) in [6, 6.07) is 6.52. The standard InChI is InChI=1S/C19H20N6O2/c20-5-3-18(27)25-13-7-14(25)10-23(9-13)16-8-17(24(11-26)12-1-2-12)22-19-15(16)4-6-21-19/h4,6,8,11-14H,1-3,7,9-10H2,(H,21,22). The minimum Gasteiger partial charge on any atom is -0.367 e. The Hall–Kier alpha value is -3.08. The van der Waals surface area contributed by atoms with Crippen LogP contribution in [0.4, 0.5) is 11.5 Å². The van der Waals surface area contributed by atoms with Crippen LogP contribution in [-0.2, 0) is 9.59 Å². The largest absolute Gasteiger partial charge is 0.367 e. The van der Waals surface area contributed by atoms with Gasteiger partial charge in [-0.2, -0.15) is 5.26 Å². The number of nitrogens with zero attached hydrogens (tertiary/aromatic N) is 5. The number of pyridine rings is 1. The highest BCUT2D eigenvalue weighted by Crippen LogP contribution is 2.39. The number of piperidine rings is 1. The molecule has 8 heteroatoms. The molecule has 2 aromatic rings. The first-order valence-corrected chi connectivity index (χ1v) is 9.34. The van der Waals surface area contributed by atoms with Gasteiger partial charge in [0.15, 0.2) is 0 Å². The Balaban J connectivity index is 1.46. The zero-order valence-electron chi connectivity index (χ0n) is 14.8. The van der Waals surface area contributed by atoms with Gasteiger partial charge in [0.25, 0.3) is 0 Å². The summed E-state index contributed by atoms with van der Waals surface area (Å²) in [6.45, 7) is 1.48. The molecule has 2 atom stereocenters. The van der Waals surface area contributed by atoms with Crippen molar-refractivity contribution in [1.82, 2.24) is 14.9 Å². The van der Waals surface area contributed by atoms with Crippen LogP contribution in [-0.4, -0.2) is 58.4 Å². The fourth-order valence-electron chi connectivity index (χ4n) is 4.45. The Morgan fingerprint density at radius 2 is 2.19 bits per heavy atom. The minimum atomic E-state index is -0.0681. The molecule has 1 aliphatic carbocycles. The SMILES string of the molecule is N#CCC(=O)N1C2CC1CN(c1cc(N(C=O)C3CC3)nc3[nH]ccc13)C2. The van der Waals surface area contributed by atoms with Crippen molar-refractivity contribution in [1.29, 1.82) is 5.26 Å². The molecule has 138 valence electrons. The minimum absolute atomic E-state index is 0.0514. The summed E-state index contributed by atoms with van der Waals surface area (Å²) in [5.41, 5.74) is 1.82. The molecular weight excluding hydrogens is 344 g/mol. The first kappa shape index (κ1) is 16.1. The Morgan fingerprint density at radius 3 is 2.85 bits per heavy atom. The van der Waals surface area contributed by atoms with Gasteiger partial charge < -0.3 is 14.8 Å². The molecule has 2 bridgehead atoms. The molecule has 6 rings (SSSR count). The molecule has 5 heterocycles. The van der Waals surface area contributed by atoms with E-state index >= 15 is 0 Å². The topological polar surface area (TPSA) is 96.3 Å². The summed E-state index contributed by atoms with van der Waals surface area (Å²) in [5.74, 6) is 0.607. The van der Waals surface area contributed by atoms with Crippen LogP contribution in [0.2, 0.25) is 0 Å². The Kier molecular flexibility index (Phi) is 3.57. The normalized spacial score (nSPS) is 23.7. The van der Waals surface area contributed by atoms with Crippen molar-refractivity contribution in [3.05, 3.63) is 18.3 Å². The fraction of sp³-hybridized carbons (Fsp3) is 0.474. The van der Waals surface area contributed by atoms with E-state index in [0.717, 1.165) is 55.5 Å². The first-order valence-electron chi connectivity index (χ1n) is 9.34. The van der Waals surface area contributed by atoms with Crippen LogP contribution in [0, 0.1) is 11.3 Å². The lowest BCUT2D eigenvalue weighted by Crippen LogP contribution is -2.70. The quantitative estimate of drug-likeness (QED) is 0.809. The van der Waals surface area contributed by atoms with Crippen LogP contribution >= 0.6 is 0 Å². The number of anilines is 2. The third-order valence-electron chi connectivity index (χ3n) is 5.86. The molecule has 2 amide bonds. The number of rotatable bonds is 5. The van der Waals surface area contributed by atoms with Crippen molar-refractivity contribution in [3.8, 4) is 6.07 Å². The number of piperazine rings is 1. The monoisotopic (exact) mass is 364 g/mol. The molecule has 0 spiro atoms. The Bertz CT molecular complexity index is 947. The van der Waals surface area contributed by atoms with Crippen LogP contribution < -0.4 is 9.80 Å². The summed E-state index contributed by atoms with van der Waals surface area (Å²) in [7, 11) is 0. The molecule has 0 aromatic carbocycles. The van der Waals surface area contributed by atoms with Gasteiger partial charge in [-0.3, -0.25) is 14.5 Å². The first-order chi connectivity index (χ1) is 13.2. The predicted molar refractivity (Wildman–Crippen MR) is 99.1 cm³/mol. The number of H-pyrrole nitrogens is 1. The number of nitriles is 1. The van der Waals surface area contributed by atoms with Gasteiger partial charge in [-0.05, 0) is 25.3 Å². The van der Waals surface area contributed by atoms with E-state index in [1.807, 2.05) is 29.3 Å². The average molecular weight is 364 g/mol. The van der Waals surface area contributed by atoms with Gasteiger partial charge in [0.1, 0.15) is 17.9 Å². The maximum atomic E-state index is 12.1. The summed E-state index contributed by atoms with van der Waals surface area (Å²) in [4.78, 5) is 37.4. The number of hydrogen-bond acceptors (Lipinski definition) is 5. The summed E-state index contributed by atoms with van der Waals surface area (Å²) in [5, 5.41) is 9.82. The molecular formula is C19H20N6O2. The lowest BCUT2D eigenvalue weighted by atomic mass is 9.86. The summed E-state index contributed by atoms with van der Waals surface area (Å²) >= 11 is 0. The summed E-state index contributed by atoms with van der Waals surface area (Å²) < 4.78 is 0. The maximum absolute atomic E-state index is 12.1. The number of carbonyl (C=O) groups excluding carboxylic acids is 2. The molecule has 2 aromatic heterocycles. The maximum Gasteiger partial charge on any atom is 0.237 e. The van der Waals surface area contributed by atoms with Gasteiger partial charge in [0, 0.05) is 36.8 Å². The molecule has 3 aliphatic heterocycles. The van der Waals surface area contributed by atoms with E-state index in [4.69, 9.17) is 5.26 Å². The second-order valence-electron chi connectivity index (χ2n) is 7.57. The van der Waals surface area contributed by atoms with Crippen molar-refractivity contribution < 1.29 is 9.59 Å². The van der Waals surface area contributed by atoms with Crippen molar-refractivity contribution in [2.75, 3.05) is 22.9 Å². The van der Waals surface area contributed by atoms with Crippen molar-refractivity contribution in [2.45, 2.75) is 43.8 Å². The van der Waals surface area contributed by atoms with Crippen LogP contribution in [0.25, 0.3) is 11.0 Å². The molecule has 4 aliphatic rings. The van der Waals surface area contributed by atoms with E-state index in [1.165, 1.54) is 0 Å². The molecule has 3 saturated heterocycles. The summed E-state index contributed by atoms with van der Waals surface area (Å²) in [6.07, 6.45) is 5.70. The van der Waals surface area contributed by atoms with Crippen LogP contribution in [0.5, 0.6) is 0 Å². The van der Waals surface area contributed by atoms with E-state index in [0.29, 0.717) is 5.82 Å². The second kappa shape index (κ2) is 5.98. The molecule has 1 N–H and O–H groups in total. The van der Waals surface area contributed by atoms with Gasteiger partial charge in [-0.1, -0.05) is 0 Å².